The second-order valence-corrected chi connectivity index (χ2v) is 7.59. The standard InChI is InChI=1S/C18H27NO2/c1-5-10-19-11-6-7-14(19)16(20)21-15-12-13-8-9-18(15,4)17(13,2)3/h6-7,11,13,15H,5,8-10,12H2,1-4H3. The summed E-state index contributed by atoms with van der Waals surface area (Å²) in [5, 5.41) is 0. The number of aromatic nitrogens is 1. The number of aryl methyl sites for hydroxylation is 1. The first kappa shape index (κ1) is 14.7. The number of rotatable bonds is 4. The molecule has 0 spiro atoms. The van der Waals surface area contributed by atoms with Gasteiger partial charge in [0.15, 0.2) is 0 Å². The Kier molecular flexibility index (Phi) is 3.42. The van der Waals surface area contributed by atoms with Crippen molar-refractivity contribution >= 4 is 5.97 Å². The summed E-state index contributed by atoms with van der Waals surface area (Å²) in [6, 6.07) is 3.80. The van der Waals surface area contributed by atoms with E-state index < -0.39 is 0 Å². The molecule has 116 valence electrons. The molecule has 3 heteroatoms. The summed E-state index contributed by atoms with van der Waals surface area (Å²) in [4.78, 5) is 12.5. The summed E-state index contributed by atoms with van der Waals surface area (Å²) in [5.41, 5.74) is 1.11. The molecule has 1 aromatic heterocycles. The predicted molar refractivity (Wildman–Crippen MR) is 83.2 cm³/mol. The molecule has 3 unspecified atom stereocenters. The average Bonchev–Trinajstić information content (AvgIpc) is 3.02. The van der Waals surface area contributed by atoms with Crippen LogP contribution in [0, 0.1) is 16.7 Å². The van der Waals surface area contributed by atoms with Crippen molar-refractivity contribution in [3.63, 3.8) is 0 Å². The van der Waals surface area contributed by atoms with E-state index in [1.807, 2.05) is 22.9 Å². The Morgan fingerprint density at radius 1 is 1.43 bits per heavy atom. The van der Waals surface area contributed by atoms with Crippen molar-refractivity contribution in [2.24, 2.45) is 16.7 Å². The van der Waals surface area contributed by atoms with Crippen molar-refractivity contribution in [2.75, 3.05) is 0 Å². The minimum Gasteiger partial charge on any atom is -0.457 e. The Labute approximate surface area is 127 Å². The van der Waals surface area contributed by atoms with Crippen LogP contribution in [-0.4, -0.2) is 16.6 Å². The maximum absolute atomic E-state index is 12.5. The van der Waals surface area contributed by atoms with Gasteiger partial charge in [-0.3, -0.25) is 0 Å². The second kappa shape index (κ2) is 4.89. The quantitative estimate of drug-likeness (QED) is 0.775. The Hall–Kier alpha value is -1.25. The van der Waals surface area contributed by atoms with E-state index in [0.29, 0.717) is 11.6 Å². The number of fused-ring (bicyclic) bond motifs is 2. The van der Waals surface area contributed by atoms with Gasteiger partial charge in [0, 0.05) is 18.2 Å². The number of carbonyl (C=O) groups excluding carboxylic acids is 1. The summed E-state index contributed by atoms with van der Waals surface area (Å²) in [6.45, 7) is 9.99. The number of ether oxygens (including phenoxy) is 1. The van der Waals surface area contributed by atoms with Crippen molar-refractivity contribution in [1.82, 2.24) is 4.57 Å². The van der Waals surface area contributed by atoms with Gasteiger partial charge in [0.05, 0.1) is 0 Å². The molecule has 0 N–H and O–H groups in total. The van der Waals surface area contributed by atoms with E-state index in [1.54, 1.807) is 0 Å². The molecule has 1 aromatic rings. The van der Waals surface area contributed by atoms with E-state index in [2.05, 4.69) is 27.7 Å². The minimum atomic E-state index is -0.150. The smallest absolute Gasteiger partial charge is 0.355 e. The van der Waals surface area contributed by atoms with Crippen LogP contribution in [-0.2, 0) is 11.3 Å². The van der Waals surface area contributed by atoms with Gasteiger partial charge in [0.1, 0.15) is 11.8 Å². The minimum absolute atomic E-state index is 0.0729. The van der Waals surface area contributed by atoms with E-state index in [1.165, 1.54) is 12.8 Å². The van der Waals surface area contributed by atoms with E-state index in [-0.39, 0.29) is 22.9 Å². The van der Waals surface area contributed by atoms with Gasteiger partial charge in [-0.15, -0.1) is 0 Å². The van der Waals surface area contributed by atoms with Crippen molar-refractivity contribution in [1.29, 1.82) is 0 Å². The molecule has 2 aliphatic rings. The SMILES string of the molecule is CCCn1cccc1C(=O)OC1CC2CCC1(C)C2(C)C. The Bertz CT molecular complexity index is 545. The Morgan fingerprint density at radius 3 is 2.76 bits per heavy atom. The van der Waals surface area contributed by atoms with Gasteiger partial charge in [0.25, 0.3) is 0 Å². The molecule has 3 atom stereocenters. The van der Waals surface area contributed by atoms with Crippen LogP contribution in [0.1, 0.15) is 63.9 Å². The van der Waals surface area contributed by atoms with E-state index >= 15 is 0 Å². The number of nitrogens with zero attached hydrogens (tertiary/aromatic N) is 1. The molecule has 3 nitrogen and oxygen atoms in total. The molecule has 2 bridgehead atoms. The van der Waals surface area contributed by atoms with Gasteiger partial charge in [-0.2, -0.15) is 0 Å². The Morgan fingerprint density at radius 2 is 2.19 bits per heavy atom. The molecule has 0 aliphatic heterocycles. The molecule has 3 rings (SSSR count). The third-order valence-electron chi connectivity index (χ3n) is 6.47. The van der Waals surface area contributed by atoms with Crippen LogP contribution in [0.5, 0.6) is 0 Å². The largest absolute Gasteiger partial charge is 0.457 e. The molecule has 21 heavy (non-hydrogen) atoms. The fourth-order valence-electron chi connectivity index (χ4n) is 4.53. The fourth-order valence-corrected chi connectivity index (χ4v) is 4.53. The lowest BCUT2D eigenvalue weighted by Crippen LogP contribution is -2.38. The lowest BCUT2D eigenvalue weighted by atomic mass is 9.70. The zero-order valence-electron chi connectivity index (χ0n) is 13.7. The predicted octanol–water partition coefficient (Wildman–Crippen LogP) is 4.27. The van der Waals surface area contributed by atoms with Crippen molar-refractivity contribution in [3.05, 3.63) is 24.0 Å². The van der Waals surface area contributed by atoms with Gasteiger partial charge in [-0.1, -0.05) is 27.7 Å². The molecule has 0 radical (unpaired) electrons. The van der Waals surface area contributed by atoms with Crippen LogP contribution in [0.3, 0.4) is 0 Å². The first-order valence-corrected chi connectivity index (χ1v) is 8.26. The number of carbonyl (C=O) groups is 1. The number of hydrogen-bond acceptors (Lipinski definition) is 2. The Balaban J connectivity index is 1.76. The van der Waals surface area contributed by atoms with Crippen LogP contribution in [0.25, 0.3) is 0 Å². The zero-order valence-corrected chi connectivity index (χ0v) is 13.7. The molecular formula is C18H27NO2. The molecule has 2 aliphatic carbocycles. The summed E-state index contributed by atoms with van der Waals surface area (Å²) in [6.07, 6.45) is 6.55. The monoisotopic (exact) mass is 289 g/mol. The average molecular weight is 289 g/mol. The van der Waals surface area contributed by atoms with Crippen LogP contribution >= 0.6 is 0 Å². The van der Waals surface area contributed by atoms with Crippen LogP contribution in [0.2, 0.25) is 0 Å². The first-order chi connectivity index (χ1) is 9.90. The van der Waals surface area contributed by atoms with Gasteiger partial charge in [0.2, 0.25) is 0 Å². The van der Waals surface area contributed by atoms with Crippen LogP contribution in [0.15, 0.2) is 18.3 Å². The van der Waals surface area contributed by atoms with Gasteiger partial charge >= 0.3 is 5.97 Å². The normalized spacial score (nSPS) is 33.3. The molecule has 1 heterocycles. The van der Waals surface area contributed by atoms with E-state index in [0.717, 1.165) is 19.4 Å². The number of hydrogen-bond donors (Lipinski definition) is 0. The summed E-state index contributed by atoms with van der Waals surface area (Å²) in [7, 11) is 0. The fraction of sp³-hybridized carbons (Fsp3) is 0.722. The van der Waals surface area contributed by atoms with Crippen LogP contribution < -0.4 is 0 Å². The highest BCUT2D eigenvalue weighted by Crippen LogP contribution is 2.66. The van der Waals surface area contributed by atoms with Crippen molar-refractivity contribution < 1.29 is 9.53 Å². The zero-order chi connectivity index (χ0) is 15.3. The summed E-state index contributed by atoms with van der Waals surface area (Å²) < 4.78 is 7.96. The maximum atomic E-state index is 12.5. The molecule has 0 amide bonds. The summed E-state index contributed by atoms with van der Waals surface area (Å²) >= 11 is 0. The molecular weight excluding hydrogens is 262 g/mol. The van der Waals surface area contributed by atoms with Crippen molar-refractivity contribution in [2.45, 2.75) is 66.0 Å². The number of esters is 1. The molecule has 0 aromatic carbocycles. The van der Waals surface area contributed by atoms with Gasteiger partial charge < -0.3 is 9.30 Å². The summed E-state index contributed by atoms with van der Waals surface area (Å²) in [5.74, 6) is 0.547. The highest BCUT2D eigenvalue weighted by Gasteiger charge is 2.62. The van der Waals surface area contributed by atoms with E-state index in [4.69, 9.17) is 4.74 Å². The maximum Gasteiger partial charge on any atom is 0.355 e. The highest BCUT2D eigenvalue weighted by atomic mass is 16.5. The van der Waals surface area contributed by atoms with E-state index in [9.17, 15) is 4.79 Å². The lowest BCUT2D eigenvalue weighted by molar-refractivity contribution is -0.0250. The topological polar surface area (TPSA) is 31.2 Å². The van der Waals surface area contributed by atoms with Gasteiger partial charge in [-0.25, -0.2) is 4.79 Å². The lowest BCUT2D eigenvalue weighted by Gasteiger charge is -2.38. The second-order valence-electron chi connectivity index (χ2n) is 7.59. The first-order valence-electron chi connectivity index (χ1n) is 8.26. The van der Waals surface area contributed by atoms with Crippen molar-refractivity contribution in [3.8, 4) is 0 Å². The molecule has 0 saturated heterocycles. The third-order valence-corrected chi connectivity index (χ3v) is 6.47. The van der Waals surface area contributed by atoms with Gasteiger partial charge in [-0.05, 0) is 49.1 Å². The van der Waals surface area contributed by atoms with Crippen LogP contribution in [0.4, 0.5) is 0 Å². The molecule has 2 fully saturated rings. The highest BCUT2D eigenvalue weighted by molar-refractivity contribution is 5.88. The molecule has 2 saturated carbocycles. The third kappa shape index (κ3) is 2.04.